The van der Waals surface area contributed by atoms with E-state index in [4.69, 9.17) is 0 Å². The number of hydrogen-bond acceptors (Lipinski definition) is 6. The molecule has 44 heavy (non-hydrogen) atoms. The van der Waals surface area contributed by atoms with Crippen molar-refractivity contribution in [1.82, 2.24) is 34.0 Å². The normalized spacial score (nSPS) is 13.7. The Morgan fingerprint density at radius 1 is 0.955 bits per heavy atom. The smallest absolute Gasteiger partial charge is 0.333 e. The first-order chi connectivity index (χ1) is 20.8. The average molecular weight is 611 g/mol. The van der Waals surface area contributed by atoms with Crippen molar-refractivity contribution < 1.29 is 31.5 Å². The SMILES string of the molecule is CC(C)(C(=O)N1CCn2c(nc(-c3ccc(F)cc3)c2-c2ccc3nc(NC(=O)c4ccnc(F)c4)cn3n2)C1)C(F)(F)F. The van der Waals surface area contributed by atoms with Crippen molar-refractivity contribution in [3.8, 4) is 22.6 Å². The number of carbonyl (C=O) groups is 2. The van der Waals surface area contributed by atoms with E-state index < -0.39 is 35.2 Å². The molecule has 2 amide bonds. The van der Waals surface area contributed by atoms with Crippen LogP contribution >= 0.6 is 0 Å². The summed E-state index contributed by atoms with van der Waals surface area (Å²) in [6, 6.07) is 11.2. The van der Waals surface area contributed by atoms with Gasteiger partial charge in [-0.15, -0.1) is 0 Å². The van der Waals surface area contributed by atoms with Gasteiger partial charge in [-0.25, -0.2) is 23.9 Å². The van der Waals surface area contributed by atoms with Gasteiger partial charge in [-0.2, -0.15) is 22.7 Å². The summed E-state index contributed by atoms with van der Waals surface area (Å²) in [6.45, 7) is 1.65. The van der Waals surface area contributed by atoms with Crippen LogP contribution in [0, 0.1) is 17.2 Å². The highest BCUT2D eigenvalue weighted by Gasteiger charge is 2.54. The molecule has 6 rings (SSSR count). The number of carbonyl (C=O) groups excluding carboxylic acids is 2. The first-order valence-corrected chi connectivity index (χ1v) is 13.3. The monoisotopic (exact) mass is 610 g/mol. The van der Waals surface area contributed by atoms with E-state index in [1.807, 2.05) is 0 Å². The third-order valence-corrected chi connectivity index (χ3v) is 7.41. The lowest BCUT2D eigenvalue weighted by molar-refractivity contribution is -0.218. The van der Waals surface area contributed by atoms with E-state index in [0.717, 1.165) is 24.8 Å². The fourth-order valence-electron chi connectivity index (χ4n) is 4.89. The minimum Gasteiger partial charge on any atom is -0.333 e. The Labute approximate surface area is 246 Å². The molecule has 1 aromatic carbocycles. The van der Waals surface area contributed by atoms with Gasteiger partial charge in [-0.1, -0.05) is 0 Å². The minimum absolute atomic E-state index is 0.00331. The molecule has 0 bridgehead atoms. The number of benzene rings is 1. The second-order valence-electron chi connectivity index (χ2n) is 10.7. The molecule has 0 spiro atoms. The number of nitrogens with zero attached hydrogens (tertiary/aromatic N) is 7. The predicted octanol–water partition coefficient (Wildman–Crippen LogP) is 5.12. The fourth-order valence-corrected chi connectivity index (χ4v) is 4.89. The minimum atomic E-state index is -4.74. The molecule has 5 aromatic rings. The summed E-state index contributed by atoms with van der Waals surface area (Å²) in [5.41, 5.74) is -0.343. The number of rotatable bonds is 5. The van der Waals surface area contributed by atoms with Gasteiger partial charge in [0.15, 0.2) is 11.5 Å². The highest BCUT2D eigenvalue weighted by atomic mass is 19.4. The second kappa shape index (κ2) is 10.5. The third kappa shape index (κ3) is 5.14. The van der Waals surface area contributed by atoms with Crippen molar-refractivity contribution in [3.63, 3.8) is 0 Å². The van der Waals surface area contributed by atoms with Gasteiger partial charge < -0.3 is 14.8 Å². The maximum atomic E-state index is 13.8. The number of halogens is 5. The summed E-state index contributed by atoms with van der Waals surface area (Å²) >= 11 is 0. The van der Waals surface area contributed by atoms with Crippen LogP contribution in [0.5, 0.6) is 0 Å². The van der Waals surface area contributed by atoms with Crippen LogP contribution in [0.15, 0.2) is 60.9 Å². The van der Waals surface area contributed by atoms with Gasteiger partial charge in [0.2, 0.25) is 11.9 Å². The van der Waals surface area contributed by atoms with Gasteiger partial charge in [-0.3, -0.25) is 9.59 Å². The molecule has 1 N–H and O–H groups in total. The van der Waals surface area contributed by atoms with Crippen molar-refractivity contribution in [2.75, 3.05) is 11.9 Å². The van der Waals surface area contributed by atoms with Crippen LogP contribution in [-0.2, 0) is 17.9 Å². The zero-order valence-corrected chi connectivity index (χ0v) is 23.2. The van der Waals surface area contributed by atoms with E-state index >= 15 is 0 Å². The first-order valence-electron chi connectivity index (χ1n) is 13.3. The number of hydrogen-bond donors (Lipinski definition) is 1. The van der Waals surface area contributed by atoms with E-state index in [1.165, 1.54) is 47.2 Å². The molecule has 0 atom stereocenters. The maximum absolute atomic E-state index is 13.8. The molecule has 0 radical (unpaired) electrons. The van der Waals surface area contributed by atoms with Crippen LogP contribution in [0.25, 0.3) is 28.3 Å². The summed E-state index contributed by atoms with van der Waals surface area (Å²) in [5.74, 6) is -2.46. The van der Waals surface area contributed by atoms with Crippen LogP contribution in [0.4, 0.5) is 27.8 Å². The van der Waals surface area contributed by atoms with Crippen LogP contribution in [0.1, 0.15) is 30.0 Å². The van der Waals surface area contributed by atoms with Crippen LogP contribution in [-0.4, -0.2) is 58.6 Å². The van der Waals surface area contributed by atoms with Gasteiger partial charge >= 0.3 is 6.18 Å². The zero-order valence-electron chi connectivity index (χ0n) is 23.2. The number of anilines is 1. The van der Waals surface area contributed by atoms with Crippen LogP contribution in [0.2, 0.25) is 0 Å². The molecule has 0 saturated carbocycles. The average Bonchev–Trinajstić information content (AvgIpc) is 3.56. The molecule has 0 unspecified atom stereocenters. The van der Waals surface area contributed by atoms with E-state index in [1.54, 1.807) is 16.7 Å². The van der Waals surface area contributed by atoms with Crippen molar-refractivity contribution >= 4 is 23.3 Å². The molecule has 0 saturated heterocycles. The molecule has 226 valence electrons. The lowest BCUT2D eigenvalue weighted by Gasteiger charge is -2.35. The maximum Gasteiger partial charge on any atom is 0.402 e. The standard InChI is InChI=1S/C29H23F5N8O2/c1-28(2,29(32,33)34)27(44)40-11-12-41-23(15-40)38-24(16-3-5-18(30)6-4-16)25(41)19-7-8-22-36-21(14-42(22)39-19)37-26(43)17-9-10-35-20(31)13-17/h3-10,13-14H,11-12,15H2,1-2H3,(H,37,43). The molecule has 4 aromatic heterocycles. The summed E-state index contributed by atoms with van der Waals surface area (Å²) in [7, 11) is 0. The lowest BCUT2D eigenvalue weighted by Crippen LogP contribution is -2.50. The number of aromatic nitrogens is 6. The van der Waals surface area contributed by atoms with Crippen LogP contribution in [0.3, 0.4) is 0 Å². The second-order valence-corrected chi connectivity index (χ2v) is 10.7. The number of alkyl halides is 3. The molecule has 1 aliphatic rings. The Morgan fingerprint density at radius 2 is 1.70 bits per heavy atom. The molecule has 0 fully saturated rings. The van der Waals surface area contributed by atoms with Gasteiger partial charge in [0.25, 0.3) is 5.91 Å². The third-order valence-electron chi connectivity index (χ3n) is 7.41. The van der Waals surface area contributed by atoms with Crippen molar-refractivity contribution in [3.05, 3.63) is 84.1 Å². The Hall–Kier alpha value is -5.21. The number of nitrogens with one attached hydrogen (secondary N) is 1. The summed E-state index contributed by atoms with van der Waals surface area (Å²) < 4.78 is 71.3. The number of pyridine rings is 1. The van der Waals surface area contributed by atoms with Gasteiger partial charge in [0.05, 0.1) is 24.1 Å². The Morgan fingerprint density at radius 3 is 2.41 bits per heavy atom. The van der Waals surface area contributed by atoms with Gasteiger partial charge in [0.1, 0.15) is 22.8 Å². The summed E-state index contributed by atoms with van der Waals surface area (Å²) in [6.07, 6.45) is -2.11. The molecular formula is C29H23F5N8O2. The van der Waals surface area contributed by atoms with Crippen LogP contribution < -0.4 is 5.32 Å². The molecule has 1 aliphatic heterocycles. The molecule has 0 aliphatic carbocycles. The Kier molecular flexibility index (Phi) is 6.89. The quantitative estimate of drug-likeness (QED) is 0.219. The predicted molar refractivity (Wildman–Crippen MR) is 147 cm³/mol. The van der Waals surface area contributed by atoms with E-state index in [2.05, 4.69) is 25.4 Å². The van der Waals surface area contributed by atoms with E-state index in [-0.39, 0.29) is 31.0 Å². The lowest BCUT2D eigenvalue weighted by atomic mass is 9.90. The summed E-state index contributed by atoms with van der Waals surface area (Å²) in [4.78, 5) is 39.1. The number of fused-ring (bicyclic) bond motifs is 2. The van der Waals surface area contributed by atoms with Crippen molar-refractivity contribution in [2.24, 2.45) is 5.41 Å². The fraction of sp³-hybridized carbons (Fsp3) is 0.241. The molecule has 5 heterocycles. The Bertz CT molecular complexity index is 1910. The van der Waals surface area contributed by atoms with Gasteiger partial charge in [0, 0.05) is 36.5 Å². The highest BCUT2D eigenvalue weighted by molar-refractivity contribution is 6.03. The first kappa shape index (κ1) is 28.9. The largest absolute Gasteiger partial charge is 0.402 e. The number of imidazole rings is 2. The van der Waals surface area contributed by atoms with E-state index in [0.29, 0.717) is 34.1 Å². The molecule has 10 nitrogen and oxygen atoms in total. The van der Waals surface area contributed by atoms with E-state index in [9.17, 15) is 31.5 Å². The molecule has 15 heteroatoms. The Balaban J connectivity index is 1.37. The zero-order chi connectivity index (χ0) is 31.4. The van der Waals surface area contributed by atoms with Crippen molar-refractivity contribution in [2.45, 2.75) is 33.1 Å². The summed E-state index contributed by atoms with van der Waals surface area (Å²) in [5, 5.41) is 7.22. The van der Waals surface area contributed by atoms with Gasteiger partial charge in [-0.05, 0) is 56.3 Å². The highest BCUT2D eigenvalue weighted by Crippen LogP contribution is 2.40. The number of amides is 2. The topological polar surface area (TPSA) is 110 Å². The molecular weight excluding hydrogens is 587 g/mol. The van der Waals surface area contributed by atoms with Crippen molar-refractivity contribution in [1.29, 1.82) is 0 Å².